The molecule has 0 aromatic heterocycles. The molecule has 4 nitrogen and oxygen atoms in total. The molecule has 0 aliphatic rings. The molecule has 0 radical (unpaired) electrons. The molecule has 0 aliphatic heterocycles. The van der Waals surface area contributed by atoms with E-state index in [9.17, 15) is 14.0 Å². The van der Waals surface area contributed by atoms with Gasteiger partial charge in [0.25, 0.3) is 0 Å². The fourth-order valence-electron chi connectivity index (χ4n) is 2.00. The molecule has 0 saturated carbocycles. The number of likely N-dealkylation sites (N-methyl/N-ethyl adjacent to an activating group) is 1. The Bertz CT molecular complexity index is 677. The maximum absolute atomic E-state index is 12.8. The van der Waals surface area contributed by atoms with E-state index in [1.807, 2.05) is 30.3 Å². The van der Waals surface area contributed by atoms with Gasteiger partial charge in [0.15, 0.2) is 0 Å². The van der Waals surface area contributed by atoms with Gasteiger partial charge in [0.2, 0.25) is 11.8 Å². The summed E-state index contributed by atoms with van der Waals surface area (Å²) in [5.41, 5.74) is 0.502. The Hall–Kier alpha value is -2.34. The predicted molar refractivity (Wildman–Crippen MR) is 94.4 cm³/mol. The van der Waals surface area contributed by atoms with E-state index in [1.165, 1.54) is 29.2 Å². The van der Waals surface area contributed by atoms with Crippen molar-refractivity contribution in [1.82, 2.24) is 4.90 Å². The highest BCUT2D eigenvalue weighted by atomic mass is 32.2. The molecule has 0 saturated heterocycles. The minimum atomic E-state index is -0.365. The van der Waals surface area contributed by atoms with Crippen LogP contribution in [0.5, 0.6) is 0 Å². The van der Waals surface area contributed by atoms with Gasteiger partial charge in [-0.3, -0.25) is 9.59 Å². The van der Waals surface area contributed by atoms with Crippen molar-refractivity contribution < 1.29 is 14.0 Å². The fraction of sp³-hybridized carbons (Fsp3) is 0.222. The third kappa shape index (κ3) is 6.04. The number of nitrogens with one attached hydrogen (secondary N) is 1. The molecule has 6 heteroatoms. The van der Waals surface area contributed by atoms with Crippen LogP contribution in [0.2, 0.25) is 0 Å². The zero-order chi connectivity index (χ0) is 17.4. The molecule has 2 aromatic rings. The van der Waals surface area contributed by atoms with Crippen molar-refractivity contribution in [3.05, 3.63) is 60.4 Å². The standard InChI is InChI=1S/C18H19FN2O2S/c1-21(13-17(22)20-15-9-7-14(19)8-10-15)18(23)11-12-24-16-5-3-2-4-6-16/h2-10H,11-13H2,1H3,(H,20,22). The summed E-state index contributed by atoms with van der Waals surface area (Å²) in [6.45, 7) is -0.0355. The number of amides is 2. The molecule has 0 unspecified atom stereocenters. The Morgan fingerprint density at radius 3 is 2.42 bits per heavy atom. The summed E-state index contributed by atoms with van der Waals surface area (Å²) < 4.78 is 12.8. The number of thioether (sulfide) groups is 1. The molecule has 126 valence electrons. The van der Waals surface area contributed by atoms with Gasteiger partial charge in [-0.25, -0.2) is 4.39 Å². The minimum Gasteiger partial charge on any atom is -0.336 e. The maximum atomic E-state index is 12.8. The van der Waals surface area contributed by atoms with Gasteiger partial charge in [-0.15, -0.1) is 11.8 Å². The van der Waals surface area contributed by atoms with E-state index in [0.717, 1.165) is 4.90 Å². The number of nitrogens with zero attached hydrogens (tertiary/aromatic N) is 1. The van der Waals surface area contributed by atoms with Crippen LogP contribution >= 0.6 is 11.8 Å². The van der Waals surface area contributed by atoms with Crippen LogP contribution in [0, 0.1) is 5.82 Å². The first-order valence-electron chi connectivity index (χ1n) is 7.52. The van der Waals surface area contributed by atoms with E-state index in [4.69, 9.17) is 0 Å². The Morgan fingerprint density at radius 2 is 1.75 bits per heavy atom. The molecule has 0 aliphatic carbocycles. The number of carbonyl (C=O) groups excluding carboxylic acids is 2. The van der Waals surface area contributed by atoms with Crippen LogP contribution in [0.15, 0.2) is 59.5 Å². The number of halogens is 1. The summed E-state index contributed by atoms with van der Waals surface area (Å²) in [6.07, 6.45) is 0.361. The minimum absolute atomic E-state index is 0.0355. The second kappa shape index (κ2) is 9.08. The number of hydrogen-bond acceptors (Lipinski definition) is 3. The van der Waals surface area contributed by atoms with Crippen molar-refractivity contribution in [3.63, 3.8) is 0 Å². The lowest BCUT2D eigenvalue weighted by Gasteiger charge is -2.16. The summed E-state index contributed by atoms with van der Waals surface area (Å²) >= 11 is 1.61. The molecule has 0 spiro atoms. The van der Waals surface area contributed by atoms with Gasteiger partial charge in [-0.05, 0) is 36.4 Å². The molecule has 2 amide bonds. The summed E-state index contributed by atoms with van der Waals surface area (Å²) in [6, 6.07) is 15.3. The van der Waals surface area contributed by atoms with Crippen LogP contribution < -0.4 is 5.32 Å². The first kappa shape index (κ1) is 18.0. The maximum Gasteiger partial charge on any atom is 0.243 e. The SMILES string of the molecule is CN(CC(=O)Nc1ccc(F)cc1)C(=O)CCSc1ccccc1. The molecule has 2 aromatic carbocycles. The van der Waals surface area contributed by atoms with Crippen LogP contribution in [0.25, 0.3) is 0 Å². The quantitative estimate of drug-likeness (QED) is 0.782. The summed E-state index contributed by atoms with van der Waals surface area (Å²) in [4.78, 5) is 26.5. The highest BCUT2D eigenvalue weighted by molar-refractivity contribution is 7.99. The number of carbonyl (C=O) groups is 2. The summed E-state index contributed by atoms with van der Waals surface area (Å²) in [7, 11) is 1.60. The molecule has 1 N–H and O–H groups in total. The Labute approximate surface area is 145 Å². The molecule has 0 heterocycles. The van der Waals surface area contributed by atoms with Crippen molar-refractivity contribution in [3.8, 4) is 0 Å². The normalized spacial score (nSPS) is 10.2. The molecule has 0 fully saturated rings. The molecular formula is C18H19FN2O2S. The van der Waals surface area contributed by atoms with Crippen molar-refractivity contribution in [2.45, 2.75) is 11.3 Å². The second-order valence-corrected chi connectivity index (χ2v) is 6.38. The van der Waals surface area contributed by atoms with Gasteiger partial charge in [0.05, 0.1) is 6.54 Å². The smallest absolute Gasteiger partial charge is 0.243 e. The number of anilines is 1. The van der Waals surface area contributed by atoms with E-state index in [-0.39, 0.29) is 24.2 Å². The first-order valence-corrected chi connectivity index (χ1v) is 8.50. The Morgan fingerprint density at radius 1 is 1.08 bits per heavy atom. The van der Waals surface area contributed by atoms with Crippen LogP contribution in [0.4, 0.5) is 10.1 Å². The molecule has 24 heavy (non-hydrogen) atoms. The Kier molecular flexibility index (Phi) is 6.81. The van der Waals surface area contributed by atoms with Crippen molar-refractivity contribution >= 4 is 29.3 Å². The molecule has 2 rings (SSSR count). The van der Waals surface area contributed by atoms with Crippen LogP contribution in [-0.2, 0) is 9.59 Å². The lowest BCUT2D eigenvalue weighted by molar-refractivity contribution is -0.132. The van der Waals surface area contributed by atoms with Crippen molar-refractivity contribution in [1.29, 1.82) is 0 Å². The Balaban J connectivity index is 1.72. The van der Waals surface area contributed by atoms with E-state index in [1.54, 1.807) is 18.8 Å². The monoisotopic (exact) mass is 346 g/mol. The predicted octanol–water partition coefficient (Wildman–Crippen LogP) is 3.41. The van der Waals surface area contributed by atoms with Crippen LogP contribution in [0.1, 0.15) is 6.42 Å². The average Bonchev–Trinajstić information content (AvgIpc) is 2.57. The lowest BCUT2D eigenvalue weighted by Crippen LogP contribution is -2.35. The number of hydrogen-bond donors (Lipinski definition) is 1. The van der Waals surface area contributed by atoms with Gasteiger partial charge < -0.3 is 10.2 Å². The van der Waals surface area contributed by atoms with Gasteiger partial charge >= 0.3 is 0 Å². The first-order chi connectivity index (χ1) is 11.5. The highest BCUT2D eigenvalue weighted by Crippen LogP contribution is 2.18. The van der Waals surface area contributed by atoms with Gasteiger partial charge in [0, 0.05) is 29.8 Å². The second-order valence-electron chi connectivity index (χ2n) is 5.22. The third-order valence-electron chi connectivity index (χ3n) is 3.26. The summed E-state index contributed by atoms with van der Waals surface area (Å²) in [5.74, 6) is -0.107. The van der Waals surface area contributed by atoms with Crippen molar-refractivity contribution in [2.24, 2.45) is 0 Å². The van der Waals surface area contributed by atoms with E-state index in [0.29, 0.717) is 17.9 Å². The average molecular weight is 346 g/mol. The van der Waals surface area contributed by atoms with Gasteiger partial charge in [-0.1, -0.05) is 18.2 Å². The van der Waals surface area contributed by atoms with Crippen molar-refractivity contribution in [2.75, 3.05) is 24.7 Å². The lowest BCUT2D eigenvalue weighted by atomic mass is 10.3. The van der Waals surface area contributed by atoms with E-state index >= 15 is 0 Å². The third-order valence-corrected chi connectivity index (χ3v) is 4.28. The molecule has 0 bridgehead atoms. The molecular weight excluding hydrogens is 327 g/mol. The van der Waals surface area contributed by atoms with E-state index < -0.39 is 0 Å². The highest BCUT2D eigenvalue weighted by Gasteiger charge is 2.13. The van der Waals surface area contributed by atoms with Gasteiger partial charge in [-0.2, -0.15) is 0 Å². The topological polar surface area (TPSA) is 49.4 Å². The fourth-order valence-corrected chi connectivity index (χ4v) is 2.86. The van der Waals surface area contributed by atoms with Gasteiger partial charge in [0.1, 0.15) is 5.82 Å². The zero-order valence-corrected chi connectivity index (χ0v) is 14.2. The zero-order valence-electron chi connectivity index (χ0n) is 13.4. The molecule has 0 atom stereocenters. The number of rotatable bonds is 7. The summed E-state index contributed by atoms with van der Waals surface area (Å²) in [5, 5.41) is 2.63. The van der Waals surface area contributed by atoms with Crippen LogP contribution in [-0.4, -0.2) is 36.1 Å². The van der Waals surface area contributed by atoms with E-state index in [2.05, 4.69) is 5.32 Å². The number of benzene rings is 2. The largest absolute Gasteiger partial charge is 0.336 e. The van der Waals surface area contributed by atoms with Crippen LogP contribution in [0.3, 0.4) is 0 Å².